The minimum absolute atomic E-state index is 0.0184. The van der Waals surface area contributed by atoms with Gasteiger partial charge < -0.3 is 4.57 Å². The topological polar surface area (TPSA) is 39.8 Å². The van der Waals surface area contributed by atoms with Crippen LogP contribution in [0.3, 0.4) is 0 Å². The Hall–Kier alpha value is -3.14. The zero-order valence-electron chi connectivity index (χ0n) is 13.4. The summed E-state index contributed by atoms with van der Waals surface area (Å²) in [6.45, 7) is 2.64. The van der Waals surface area contributed by atoms with Crippen molar-refractivity contribution in [2.24, 2.45) is 0 Å². The molecule has 2 aromatic heterocycles. The summed E-state index contributed by atoms with van der Waals surface area (Å²) in [5, 5.41) is 0. The van der Waals surface area contributed by atoms with E-state index in [1.165, 1.54) is 0 Å². The molecule has 4 heteroatoms. The first-order chi connectivity index (χ1) is 11.8. The van der Waals surface area contributed by atoms with Crippen molar-refractivity contribution in [3.05, 3.63) is 83.5 Å². The number of imidazole rings is 1. The third kappa shape index (κ3) is 2.42. The first-order valence-corrected chi connectivity index (χ1v) is 7.99. The zero-order valence-corrected chi connectivity index (χ0v) is 13.4. The van der Waals surface area contributed by atoms with E-state index in [9.17, 15) is 4.79 Å². The summed E-state index contributed by atoms with van der Waals surface area (Å²) >= 11 is 0. The van der Waals surface area contributed by atoms with E-state index in [0.29, 0.717) is 6.54 Å². The first-order valence-electron chi connectivity index (χ1n) is 7.99. The highest BCUT2D eigenvalue weighted by atomic mass is 16.1. The van der Waals surface area contributed by atoms with Crippen molar-refractivity contribution in [3.8, 4) is 16.8 Å². The average Bonchev–Trinajstić information content (AvgIpc) is 3.05. The summed E-state index contributed by atoms with van der Waals surface area (Å²) in [5.74, 6) is 0. The van der Waals surface area contributed by atoms with E-state index in [-0.39, 0.29) is 5.56 Å². The highest BCUT2D eigenvalue weighted by Crippen LogP contribution is 2.24. The Morgan fingerprint density at radius 1 is 0.958 bits per heavy atom. The molecule has 0 atom stereocenters. The van der Waals surface area contributed by atoms with Gasteiger partial charge in [0, 0.05) is 24.5 Å². The number of fused-ring (bicyclic) bond motifs is 1. The van der Waals surface area contributed by atoms with E-state index in [2.05, 4.69) is 27.8 Å². The zero-order chi connectivity index (χ0) is 16.5. The van der Waals surface area contributed by atoms with Crippen molar-refractivity contribution in [1.82, 2.24) is 14.1 Å². The summed E-state index contributed by atoms with van der Waals surface area (Å²) in [7, 11) is 0. The number of aryl methyl sites for hydroxylation is 1. The van der Waals surface area contributed by atoms with Gasteiger partial charge in [0.1, 0.15) is 6.33 Å². The lowest BCUT2D eigenvalue weighted by Gasteiger charge is -2.06. The molecule has 0 aliphatic heterocycles. The van der Waals surface area contributed by atoms with Gasteiger partial charge in [0.2, 0.25) is 0 Å². The van der Waals surface area contributed by atoms with E-state index in [0.717, 1.165) is 27.8 Å². The summed E-state index contributed by atoms with van der Waals surface area (Å²) in [5.41, 5.74) is 4.98. The van der Waals surface area contributed by atoms with Crippen molar-refractivity contribution in [3.63, 3.8) is 0 Å². The molecule has 2 heterocycles. The SMILES string of the molecule is CCn1ccc(-c2ccc3c(c2)ncn3-c2ccccc2)cc1=O. The molecule has 4 aromatic rings. The van der Waals surface area contributed by atoms with Crippen LogP contribution in [0, 0.1) is 0 Å². The lowest BCUT2D eigenvalue weighted by atomic mass is 10.1. The van der Waals surface area contributed by atoms with Gasteiger partial charge in [0.15, 0.2) is 0 Å². The maximum Gasteiger partial charge on any atom is 0.251 e. The quantitative estimate of drug-likeness (QED) is 0.576. The number of nitrogens with zero attached hydrogens (tertiary/aromatic N) is 3. The molecule has 0 aliphatic rings. The predicted octanol–water partition coefficient (Wildman–Crippen LogP) is 3.87. The Morgan fingerprint density at radius 3 is 2.50 bits per heavy atom. The number of benzene rings is 2. The number of rotatable bonds is 3. The molecule has 118 valence electrons. The van der Waals surface area contributed by atoms with Crippen molar-refractivity contribution in [2.45, 2.75) is 13.5 Å². The lowest BCUT2D eigenvalue weighted by Crippen LogP contribution is -2.16. The largest absolute Gasteiger partial charge is 0.316 e. The van der Waals surface area contributed by atoms with E-state index < -0.39 is 0 Å². The molecular weight excluding hydrogens is 298 g/mol. The minimum atomic E-state index is 0.0184. The van der Waals surface area contributed by atoms with Crippen molar-refractivity contribution in [1.29, 1.82) is 0 Å². The number of aromatic nitrogens is 3. The molecule has 0 unspecified atom stereocenters. The molecule has 0 aliphatic carbocycles. The van der Waals surface area contributed by atoms with E-state index >= 15 is 0 Å². The fourth-order valence-corrected chi connectivity index (χ4v) is 2.94. The number of hydrogen-bond acceptors (Lipinski definition) is 2. The molecule has 0 spiro atoms. The fraction of sp³-hybridized carbons (Fsp3) is 0.100. The predicted molar refractivity (Wildman–Crippen MR) is 96.4 cm³/mol. The second-order valence-electron chi connectivity index (χ2n) is 5.69. The van der Waals surface area contributed by atoms with Crippen LogP contribution in [0.2, 0.25) is 0 Å². The van der Waals surface area contributed by atoms with E-state index in [1.807, 2.05) is 55.8 Å². The summed E-state index contributed by atoms with van der Waals surface area (Å²) in [4.78, 5) is 16.6. The normalized spacial score (nSPS) is 11.0. The van der Waals surface area contributed by atoms with Gasteiger partial charge in [-0.2, -0.15) is 0 Å². The van der Waals surface area contributed by atoms with E-state index in [4.69, 9.17) is 0 Å². The molecule has 0 N–H and O–H groups in total. The monoisotopic (exact) mass is 315 g/mol. The summed E-state index contributed by atoms with van der Waals surface area (Å²) in [6.07, 6.45) is 3.67. The Kier molecular flexibility index (Phi) is 3.50. The molecule has 0 radical (unpaired) electrons. The van der Waals surface area contributed by atoms with Crippen LogP contribution in [0.4, 0.5) is 0 Å². The van der Waals surface area contributed by atoms with Crippen molar-refractivity contribution >= 4 is 11.0 Å². The highest BCUT2D eigenvalue weighted by molar-refractivity contribution is 5.83. The maximum atomic E-state index is 12.0. The minimum Gasteiger partial charge on any atom is -0.316 e. The smallest absolute Gasteiger partial charge is 0.251 e. The van der Waals surface area contributed by atoms with Crippen LogP contribution in [0.1, 0.15) is 6.92 Å². The Bertz CT molecular complexity index is 1060. The van der Waals surface area contributed by atoms with Crippen LogP contribution in [-0.2, 0) is 6.54 Å². The van der Waals surface area contributed by atoms with Gasteiger partial charge in [0.25, 0.3) is 5.56 Å². The first kappa shape index (κ1) is 14.5. The van der Waals surface area contributed by atoms with Crippen LogP contribution in [-0.4, -0.2) is 14.1 Å². The molecule has 0 saturated heterocycles. The van der Waals surface area contributed by atoms with Crippen molar-refractivity contribution < 1.29 is 0 Å². The Labute approximate surface area is 139 Å². The van der Waals surface area contributed by atoms with Gasteiger partial charge in [-0.3, -0.25) is 9.36 Å². The van der Waals surface area contributed by atoms with Gasteiger partial charge >= 0.3 is 0 Å². The molecule has 0 fully saturated rings. The van der Waals surface area contributed by atoms with Crippen LogP contribution >= 0.6 is 0 Å². The van der Waals surface area contributed by atoms with Crippen LogP contribution in [0.15, 0.2) is 78.0 Å². The van der Waals surface area contributed by atoms with Gasteiger partial charge in [-0.25, -0.2) is 4.98 Å². The van der Waals surface area contributed by atoms with Crippen LogP contribution in [0.25, 0.3) is 27.8 Å². The molecule has 4 nitrogen and oxygen atoms in total. The summed E-state index contributed by atoms with van der Waals surface area (Å²) < 4.78 is 3.75. The molecule has 24 heavy (non-hydrogen) atoms. The van der Waals surface area contributed by atoms with Gasteiger partial charge in [-0.15, -0.1) is 0 Å². The highest BCUT2D eigenvalue weighted by Gasteiger charge is 2.07. The number of para-hydroxylation sites is 1. The third-order valence-corrected chi connectivity index (χ3v) is 4.25. The Morgan fingerprint density at radius 2 is 1.75 bits per heavy atom. The Balaban J connectivity index is 1.80. The fourth-order valence-electron chi connectivity index (χ4n) is 2.94. The second kappa shape index (κ2) is 5.81. The maximum absolute atomic E-state index is 12.0. The molecule has 0 amide bonds. The van der Waals surface area contributed by atoms with Crippen LogP contribution < -0.4 is 5.56 Å². The third-order valence-electron chi connectivity index (χ3n) is 4.25. The summed E-state index contributed by atoms with van der Waals surface area (Å²) in [6, 6.07) is 19.9. The van der Waals surface area contributed by atoms with E-state index in [1.54, 1.807) is 10.6 Å². The standard InChI is InChI=1S/C20H17N3O/c1-2-22-11-10-16(13-20(22)24)15-8-9-19-18(12-15)21-14-23(19)17-6-4-3-5-7-17/h3-14H,2H2,1H3. The van der Waals surface area contributed by atoms with Crippen molar-refractivity contribution in [2.75, 3.05) is 0 Å². The molecule has 2 aromatic carbocycles. The number of pyridine rings is 1. The second-order valence-corrected chi connectivity index (χ2v) is 5.69. The molecule has 0 bridgehead atoms. The molecule has 4 rings (SSSR count). The van der Waals surface area contributed by atoms with Gasteiger partial charge in [-0.1, -0.05) is 24.3 Å². The lowest BCUT2D eigenvalue weighted by molar-refractivity contribution is 0.728. The molecule has 0 saturated carbocycles. The number of hydrogen-bond donors (Lipinski definition) is 0. The van der Waals surface area contributed by atoms with Gasteiger partial charge in [-0.05, 0) is 48.4 Å². The molecular formula is C20H17N3O. The average molecular weight is 315 g/mol. The van der Waals surface area contributed by atoms with Crippen LogP contribution in [0.5, 0.6) is 0 Å². The van der Waals surface area contributed by atoms with Gasteiger partial charge in [0.05, 0.1) is 11.0 Å².